The first-order chi connectivity index (χ1) is 11.5. The number of hydrogen-bond donors (Lipinski definition) is 0. The largest absolute Gasteiger partial charge is 0.298 e. The zero-order valence-corrected chi connectivity index (χ0v) is 13.4. The van der Waals surface area contributed by atoms with Gasteiger partial charge in [-0.1, -0.05) is 12.1 Å². The minimum atomic E-state index is -0.678. The van der Waals surface area contributed by atoms with Gasteiger partial charge in [-0.15, -0.1) is 0 Å². The highest BCUT2D eigenvalue weighted by Gasteiger charge is 2.23. The van der Waals surface area contributed by atoms with E-state index in [9.17, 15) is 29.8 Å². The zero-order chi connectivity index (χ0) is 17.7. The number of rotatable bonds is 7. The third-order valence-corrected chi connectivity index (χ3v) is 5.33. The van der Waals surface area contributed by atoms with Gasteiger partial charge in [-0.3, -0.25) is 29.8 Å². The highest BCUT2D eigenvalue weighted by atomic mass is 33.1. The van der Waals surface area contributed by atoms with Crippen LogP contribution in [0.25, 0.3) is 0 Å². The molecule has 0 aliphatic rings. The van der Waals surface area contributed by atoms with Crippen LogP contribution in [0.15, 0.2) is 46.2 Å². The van der Waals surface area contributed by atoms with Crippen LogP contribution >= 0.6 is 21.6 Å². The van der Waals surface area contributed by atoms with Crippen LogP contribution in [0, 0.1) is 20.2 Å². The predicted molar refractivity (Wildman–Crippen MR) is 88.7 cm³/mol. The standard InChI is InChI=1S/C14H8N2O6S2/c17-7-9-3-1-5-11(13(9)15(19)20)23-24-12-6-2-4-10(8-18)14(12)16(21)22/h1-8H. The molecule has 24 heavy (non-hydrogen) atoms. The summed E-state index contributed by atoms with van der Waals surface area (Å²) in [6, 6.07) is 8.48. The van der Waals surface area contributed by atoms with Crippen molar-refractivity contribution in [1.82, 2.24) is 0 Å². The zero-order valence-electron chi connectivity index (χ0n) is 11.8. The number of nitro benzene ring substituents is 2. The summed E-state index contributed by atoms with van der Waals surface area (Å²) in [7, 11) is 1.81. The molecule has 0 radical (unpaired) electrons. The molecule has 0 fully saturated rings. The molecule has 0 spiro atoms. The smallest absolute Gasteiger partial charge is 0.294 e. The van der Waals surface area contributed by atoms with Crippen molar-refractivity contribution < 1.29 is 19.4 Å². The molecule has 0 aromatic heterocycles. The van der Waals surface area contributed by atoms with Crippen LogP contribution in [-0.2, 0) is 0 Å². The molecule has 0 atom stereocenters. The minimum Gasteiger partial charge on any atom is -0.298 e. The van der Waals surface area contributed by atoms with E-state index in [-0.39, 0.29) is 32.3 Å². The molecule has 10 heteroatoms. The summed E-state index contributed by atoms with van der Waals surface area (Å²) >= 11 is 0. The SMILES string of the molecule is O=Cc1cccc(SSc2cccc(C=O)c2[N+](=O)[O-])c1[N+](=O)[O-]. The third-order valence-electron chi connectivity index (χ3n) is 2.90. The maximum absolute atomic E-state index is 11.2. The monoisotopic (exact) mass is 364 g/mol. The Labute approximate surface area is 142 Å². The van der Waals surface area contributed by atoms with E-state index in [1.807, 2.05) is 0 Å². The summed E-state index contributed by atoms with van der Waals surface area (Å²) in [4.78, 5) is 43.2. The van der Waals surface area contributed by atoms with Crippen molar-refractivity contribution in [3.05, 3.63) is 67.8 Å². The number of nitro groups is 2. The van der Waals surface area contributed by atoms with Gasteiger partial charge in [0, 0.05) is 0 Å². The second kappa shape index (κ2) is 7.70. The first-order valence-electron chi connectivity index (χ1n) is 6.29. The number of carbonyl (C=O) groups excluding carboxylic acids is 2. The molecular formula is C14H8N2O6S2. The number of para-hydroxylation sites is 2. The molecule has 0 aliphatic heterocycles. The Bertz CT molecular complexity index is 771. The molecule has 0 unspecified atom stereocenters. The van der Waals surface area contributed by atoms with E-state index >= 15 is 0 Å². The molecular weight excluding hydrogens is 356 g/mol. The Hall–Kier alpha value is -2.72. The van der Waals surface area contributed by atoms with Crippen molar-refractivity contribution in [2.45, 2.75) is 9.79 Å². The van der Waals surface area contributed by atoms with Crippen molar-refractivity contribution in [1.29, 1.82) is 0 Å². The first-order valence-corrected chi connectivity index (χ1v) is 8.44. The second-order valence-electron chi connectivity index (χ2n) is 4.30. The van der Waals surface area contributed by atoms with E-state index < -0.39 is 9.85 Å². The number of benzene rings is 2. The fourth-order valence-electron chi connectivity index (χ4n) is 1.88. The lowest BCUT2D eigenvalue weighted by atomic mass is 10.2. The van der Waals surface area contributed by atoms with Crippen LogP contribution in [0.3, 0.4) is 0 Å². The average Bonchev–Trinajstić information content (AvgIpc) is 2.58. The van der Waals surface area contributed by atoms with Crippen molar-refractivity contribution in [3.8, 4) is 0 Å². The number of carbonyl (C=O) groups is 2. The second-order valence-corrected chi connectivity index (χ2v) is 6.52. The van der Waals surface area contributed by atoms with Crippen molar-refractivity contribution in [3.63, 3.8) is 0 Å². The third kappa shape index (κ3) is 3.60. The Balaban J connectivity index is 2.40. The van der Waals surface area contributed by atoms with Gasteiger partial charge in [-0.2, -0.15) is 0 Å². The molecule has 0 heterocycles. The van der Waals surface area contributed by atoms with Gasteiger partial charge in [0.15, 0.2) is 12.6 Å². The van der Waals surface area contributed by atoms with Gasteiger partial charge in [-0.25, -0.2) is 0 Å². The van der Waals surface area contributed by atoms with Crippen molar-refractivity contribution in [2.75, 3.05) is 0 Å². The summed E-state index contributed by atoms with van der Waals surface area (Å²) < 4.78 is 0. The fraction of sp³-hybridized carbons (Fsp3) is 0. The van der Waals surface area contributed by atoms with Gasteiger partial charge in [0.25, 0.3) is 11.4 Å². The Morgan fingerprint density at radius 3 is 1.42 bits per heavy atom. The topological polar surface area (TPSA) is 120 Å². The van der Waals surface area contributed by atoms with E-state index in [0.29, 0.717) is 12.6 Å². The van der Waals surface area contributed by atoms with Gasteiger partial charge in [0.05, 0.1) is 30.8 Å². The predicted octanol–water partition coefficient (Wildman–Crippen LogP) is 3.93. The fourth-order valence-corrected chi connectivity index (χ4v) is 4.22. The number of hydrogen-bond acceptors (Lipinski definition) is 8. The molecule has 122 valence electrons. The highest BCUT2D eigenvalue weighted by Crippen LogP contribution is 2.45. The lowest BCUT2D eigenvalue weighted by Crippen LogP contribution is -1.97. The summed E-state index contributed by atoms with van der Waals surface area (Å²) in [5, 5.41) is 22.3. The average molecular weight is 364 g/mol. The summed E-state index contributed by atoms with van der Waals surface area (Å²) in [5.74, 6) is 0. The lowest BCUT2D eigenvalue weighted by Gasteiger charge is -2.05. The molecule has 0 saturated carbocycles. The van der Waals surface area contributed by atoms with Gasteiger partial charge in [-0.05, 0) is 45.9 Å². The van der Waals surface area contributed by atoms with Crippen LogP contribution in [0.5, 0.6) is 0 Å². The molecule has 2 rings (SSSR count). The van der Waals surface area contributed by atoms with Gasteiger partial charge < -0.3 is 0 Å². The van der Waals surface area contributed by atoms with Crippen LogP contribution < -0.4 is 0 Å². The summed E-state index contributed by atoms with van der Waals surface area (Å²) in [6.45, 7) is 0. The Kier molecular flexibility index (Phi) is 5.66. The van der Waals surface area contributed by atoms with E-state index in [1.54, 1.807) is 0 Å². The van der Waals surface area contributed by atoms with Crippen molar-refractivity contribution in [2.24, 2.45) is 0 Å². The molecule has 0 bridgehead atoms. The Morgan fingerprint density at radius 1 is 0.750 bits per heavy atom. The minimum absolute atomic E-state index is 0.0817. The maximum Gasteiger partial charge on any atom is 0.294 e. The van der Waals surface area contributed by atoms with E-state index in [1.165, 1.54) is 36.4 Å². The van der Waals surface area contributed by atoms with Crippen molar-refractivity contribution >= 4 is 45.5 Å². The number of nitrogens with zero attached hydrogens (tertiary/aromatic N) is 2. The van der Waals surface area contributed by atoms with Crippen LogP contribution in [0.2, 0.25) is 0 Å². The molecule has 0 aliphatic carbocycles. The van der Waals surface area contributed by atoms with E-state index in [0.717, 1.165) is 21.6 Å². The normalized spacial score (nSPS) is 10.2. The molecule has 8 nitrogen and oxygen atoms in total. The van der Waals surface area contributed by atoms with Crippen LogP contribution in [0.4, 0.5) is 11.4 Å². The summed E-state index contributed by atoms with van der Waals surface area (Å²) in [5.41, 5.74) is -0.887. The molecule has 0 saturated heterocycles. The van der Waals surface area contributed by atoms with Crippen LogP contribution in [0.1, 0.15) is 20.7 Å². The van der Waals surface area contributed by atoms with Gasteiger partial charge >= 0.3 is 0 Å². The molecule has 0 amide bonds. The Morgan fingerprint density at radius 2 is 1.12 bits per heavy atom. The molecule has 2 aromatic carbocycles. The summed E-state index contributed by atoms with van der Waals surface area (Å²) in [6.07, 6.45) is 0.755. The maximum atomic E-state index is 11.2. The number of aldehydes is 2. The van der Waals surface area contributed by atoms with Gasteiger partial charge in [0.1, 0.15) is 0 Å². The first kappa shape index (κ1) is 17.6. The van der Waals surface area contributed by atoms with E-state index in [2.05, 4.69) is 0 Å². The van der Waals surface area contributed by atoms with Gasteiger partial charge in [0.2, 0.25) is 0 Å². The van der Waals surface area contributed by atoms with Crippen LogP contribution in [-0.4, -0.2) is 22.4 Å². The van der Waals surface area contributed by atoms with E-state index in [4.69, 9.17) is 0 Å². The molecule has 2 aromatic rings. The highest BCUT2D eigenvalue weighted by molar-refractivity contribution is 8.76. The lowest BCUT2D eigenvalue weighted by molar-refractivity contribution is -0.388. The quantitative estimate of drug-likeness (QED) is 0.313. The molecule has 0 N–H and O–H groups in total.